The van der Waals surface area contributed by atoms with Gasteiger partial charge in [0.1, 0.15) is 5.84 Å². The summed E-state index contributed by atoms with van der Waals surface area (Å²) in [5.41, 5.74) is 1.29. The van der Waals surface area contributed by atoms with E-state index < -0.39 is 0 Å². The maximum atomic E-state index is 5.00. The minimum absolute atomic E-state index is 0.0827. The quantitative estimate of drug-likeness (QED) is 0.722. The summed E-state index contributed by atoms with van der Waals surface area (Å²) in [6.07, 6.45) is 9.51. The lowest BCUT2D eigenvalue weighted by atomic mass is 9.88. The number of hydrogen-bond acceptors (Lipinski definition) is 3. The Bertz CT molecular complexity index is 322. The van der Waals surface area contributed by atoms with E-state index in [4.69, 9.17) is 9.98 Å². The zero-order valence-electron chi connectivity index (χ0n) is 11.5. The number of nitrogens with zero attached hydrogens (tertiary/aromatic N) is 3. The van der Waals surface area contributed by atoms with Crippen LogP contribution in [0.5, 0.6) is 0 Å². The summed E-state index contributed by atoms with van der Waals surface area (Å²) in [7, 11) is 4.20. The molecular weight excluding hydrogens is 210 g/mol. The molecule has 0 aromatic heterocycles. The Hall–Kier alpha value is -0.860. The predicted molar refractivity (Wildman–Crippen MR) is 73.9 cm³/mol. The Kier molecular flexibility index (Phi) is 3.85. The van der Waals surface area contributed by atoms with E-state index in [0.717, 1.165) is 25.7 Å². The van der Waals surface area contributed by atoms with E-state index in [1.807, 2.05) is 0 Å². The Balaban J connectivity index is 2.23. The topological polar surface area (TPSA) is 28.0 Å². The molecule has 0 unspecified atom stereocenters. The van der Waals surface area contributed by atoms with Crippen molar-refractivity contribution in [2.75, 3.05) is 14.1 Å². The minimum atomic E-state index is -0.0827. The van der Waals surface area contributed by atoms with Crippen LogP contribution in [0, 0.1) is 0 Å². The van der Waals surface area contributed by atoms with E-state index in [1.165, 1.54) is 37.2 Å². The zero-order chi connectivity index (χ0) is 12.3. The molecule has 2 aliphatic rings. The van der Waals surface area contributed by atoms with E-state index in [9.17, 15) is 0 Å². The van der Waals surface area contributed by atoms with Crippen molar-refractivity contribution in [2.45, 2.75) is 64.0 Å². The van der Waals surface area contributed by atoms with Crippen LogP contribution in [0.1, 0.15) is 58.3 Å². The molecular formula is C14H25N3. The molecule has 3 nitrogen and oxygen atoms in total. The summed E-state index contributed by atoms with van der Waals surface area (Å²) >= 11 is 0. The summed E-state index contributed by atoms with van der Waals surface area (Å²) in [5, 5.41) is 0. The Labute approximate surface area is 105 Å². The Morgan fingerprint density at radius 3 is 2.41 bits per heavy atom. The lowest BCUT2D eigenvalue weighted by Crippen LogP contribution is -2.38. The highest BCUT2D eigenvalue weighted by atomic mass is 15.2. The third-order valence-electron chi connectivity index (χ3n) is 3.77. The van der Waals surface area contributed by atoms with E-state index in [1.54, 1.807) is 0 Å². The monoisotopic (exact) mass is 235 g/mol. The molecule has 1 spiro atoms. The van der Waals surface area contributed by atoms with Crippen LogP contribution in [0.4, 0.5) is 0 Å². The van der Waals surface area contributed by atoms with E-state index in [2.05, 4.69) is 25.9 Å². The molecule has 0 aromatic carbocycles. The van der Waals surface area contributed by atoms with Gasteiger partial charge in [0.25, 0.3) is 0 Å². The fourth-order valence-electron chi connectivity index (χ4n) is 2.85. The molecule has 1 aliphatic carbocycles. The van der Waals surface area contributed by atoms with Gasteiger partial charge in [-0.25, -0.2) is 4.99 Å². The van der Waals surface area contributed by atoms with Crippen molar-refractivity contribution in [2.24, 2.45) is 9.98 Å². The van der Waals surface area contributed by atoms with Crippen molar-refractivity contribution < 1.29 is 0 Å². The second-order valence-corrected chi connectivity index (χ2v) is 5.57. The molecule has 0 radical (unpaired) electrons. The summed E-state index contributed by atoms with van der Waals surface area (Å²) in [5.74, 6) is 1.23. The summed E-state index contributed by atoms with van der Waals surface area (Å²) in [4.78, 5) is 12.1. The maximum Gasteiger partial charge on any atom is 0.152 e. The molecule has 0 saturated heterocycles. The Morgan fingerprint density at radius 2 is 1.82 bits per heavy atom. The van der Waals surface area contributed by atoms with Crippen LogP contribution in [-0.4, -0.2) is 36.2 Å². The number of aliphatic imine (C=N–C) groups is 2. The van der Waals surface area contributed by atoms with Crippen molar-refractivity contribution in [3.63, 3.8) is 0 Å². The van der Waals surface area contributed by atoms with Crippen LogP contribution >= 0.6 is 0 Å². The summed E-state index contributed by atoms with van der Waals surface area (Å²) in [6, 6.07) is 0. The molecule has 0 N–H and O–H groups in total. The second kappa shape index (κ2) is 5.19. The SMILES string of the molecule is CCCC1=NC2(CCCCC2)N=C(N(C)C)C1. The normalized spacial score (nSPS) is 23.2. The molecule has 96 valence electrons. The van der Waals surface area contributed by atoms with Crippen molar-refractivity contribution in [1.82, 2.24) is 4.90 Å². The van der Waals surface area contributed by atoms with E-state index in [0.29, 0.717) is 0 Å². The molecule has 0 aromatic rings. The molecule has 3 heteroatoms. The third-order valence-corrected chi connectivity index (χ3v) is 3.77. The van der Waals surface area contributed by atoms with Gasteiger partial charge in [0.2, 0.25) is 0 Å². The highest BCUT2D eigenvalue weighted by Gasteiger charge is 2.34. The molecule has 0 atom stereocenters. The average molecular weight is 235 g/mol. The zero-order valence-corrected chi connectivity index (χ0v) is 11.5. The first-order chi connectivity index (χ1) is 8.15. The molecule has 17 heavy (non-hydrogen) atoms. The molecule has 0 bridgehead atoms. The first-order valence-corrected chi connectivity index (χ1v) is 6.99. The molecule has 0 amide bonds. The van der Waals surface area contributed by atoms with Crippen LogP contribution in [0.3, 0.4) is 0 Å². The maximum absolute atomic E-state index is 5.00. The van der Waals surface area contributed by atoms with Crippen molar-refractivity contribution in [3.8, 4) is 0 Å². The lowest BCUT2D eigenvalue weighted by Gasteiger charge is -2.36. The van der Waals surface area contributed by atoms with Crippen LogP contribution in [0.25, 0.3) is 0 Å². The summed E-state index contributed by atoms with van der Waals surface area (Å²) < 4.78 is 0. The predicted octanol–water partition coefficient (Wildman–Crippen LogP) is 3.25. The fourth-order valence-corrected chi connectivity index (χ4v) is 2.85. The van der Waals surface area contributed by atoms with Gasteiger partial charge in [-0.3, -0.25) is 4.99 Å². The standard InChI is InChI=1S/C14H25N3/c1-4-8-12-11-13(17(2)3)16-14(15-12)9-6-5-7-10-14/h4-11H2,1-3H3. The van der Waals surface area contributed by atoms with Gasteiger partial charge >= 0.3 is 0 Å². The van der Waals surface area contributed by atoms with Crippen LogP contribution in [-0.2, 0) is 0 Å². The molecule has 1 aliphatic heterocycles. The minimum Gasteiger partial charge on any atom is -0.366 e. The first-order valence-electron chi connectivity index (χ1n) is 6.99. The average Bonchev–Trinajstić information content (AvgIpc) is 2.29. The van der Waals surface area contributed by atoms with Gasteiger partial charge in [0, 0.05) is 26.2 Å². The van der Waals surface area contributed by atoms with Gasteiger partial charge < -0.3 is 4.90 Å². The van der Waals surface area contributed by atoms with Crippen molar-refractivity contribution in [3.05, 3.63) is 0 Å². The van der Waals surface area contributed by atoms with Crippen LogP contribution < -0.4 is 0 Å². The van der Waals surface area contributed by atoms with Gasteiger partial charge in [-0.15, -0.1) is 0 Å². The lowest BCUT2D eigenvalue weighted by molar-refractivity contribution is 0.303. The largest absolute Gasteiger partial charge is 0.366 e. The highest BCUT2D eigenvalue weighted by molar-refractivity contribution is 6.05. The van der Waals surface area contributed by atoms with Crippen molar-refractivity contribution in [1.29, 1.82) is 0 Å². The Morgan fingerprint density at radius 1 is 1.12 bits per heavy atom. The third kappa shape index (κ3) is 2.88. The molecule has 2 rings (SSSR count). The van der Waals surface area contributed by atoms with Gasteiger partial charge in [-0.2, -0.15) is 0 Å². The van der Waals surface area contributed by atoms with Crippen LogP contribution in [0.15, 0.2) is 9.98 Å². The number of hydrogen-bond donors (Lipinski definition) is 0. The van der Waals surface area contributed by atoms with E-state index >= 15 is 0 Å². The first kappa shape index (κ1) is 12.6. The smallest absolute Gasteiger partial charge is 0.152 e. The molecule has 1 fully saturated rings. The number of amidine groups is 1. The van der Waals surface area contributed by atoms with Gasteiger partial charge in [0.15, 0.2) is 5.66 Å². The van der Waals surface area contributed by atoms with Gasteiger partial charge in [-0.1, -0.05) is 19.8 Å². The number of rotatable bonds is 2. The fraction of sp³-hybridized carbons (Fsp3) is 0.857. The molecule has 1 saturated carbocycles. The van der Waals surface area contributed by atoms with Crippen molar-refractivity contribution >= 4 is 11.5 Å². The highest BCUT2D eigenvalue weighted by Crippen LogP contribution is 2.36. The summed E-state index contributed by atoms with van der Waals surface area (Å²) in [6.45, 7) is 2.23. The van der Waals surface area contributed by atoms with Gasteiger partial charge in [-0.05, 0) is 32.1 Å². The van der Waals surface area contributed by atoms with Crippen LogP contribution in [0.2, 0.25) is 0 Å². The van der Waals surface area contributed by atoms with E-state index in [-0.39, 0.29) is 5.66 Å². The second-order valence-electron chi connectivity index (χ2n) is 5.57. The molecule has 1 heterocycles. The van der Waals surface area contributed by atoms with Gasteiger partial charge in [0.05, 0.1) is 0 Å².